The number of benzene rings is 1. The minimum absolute atomic E-state index is 0.0329. The molecule has 0 atom stereocenters. The molecular formula is C20H18ClFN4O4. The maximum atomic E-state index is 13.3. The number of rotatable bonds is 8. The zero-order valence-corrected chi connectivity index (χ0v) is 16.8. The van der Waals surface area contributed by atoms with Crippen molar-refractivity contribution < 1.29 is 23.2 Å². The Hall–Kier alpha value is -3.46. The van der Waals surface area contributed by atoms with Gasteiger partial charge in [-0.25, -0.2) is 9.37 Å². The van der Waals surface area contributed by atoms with Gasteiger partial charge >= 0.3 is 0 Å². The summed E-state index contributed by atoms with van der Waals surface area (Å²) >= 11 is 5.59. The number of nitrogens with zero attached hydrogens (tertiary/aromatic N) is 2. The standard InChI is InChI=1S/C20H18ClFN4O4/c1-11(25-18(27)10-29-14-3-4-16(21)17(22)8-14)5-6-23-19(28)13-7-15-12(2)26-30-20(15)24-9-13/h3-4,7-9H,1,5-6,10H2,2H3,(H,23,28)(H,25,27). The summed E-state index contributed by atoms with van der Waals surface area (Å²) in [6, 6.07) is 5.53. The van der Waals surface area contributed by atoms with Crippen LogP contribution in [0.3, 0.4) is 0 Å². The lowest BCUT2D eigenvalue weighted by molar-refractivity contribution is -0.122. The van der Waals surface area contributed by atoms with Crippen molar-refractivity contribution in [2.75, 3.05) is 13.2 Å². The average Bonchev–Trinajstić information content (AvgIpc) is 3.09. The van der Waals surface area contributed by atoms with Crippen molar-refractivity contribution in [3.05, 3.63) is 64.8 Å². The van der Waals surface area contributed by atoms with Crippen molar-refractivity contribution in [2.24, 2.45) is 0 Å². The van der Waals surface area contributed by atoms with Crippen LogP contribution in [0.5, 0.6) is 5.75 Å². The van der Waals surface area contributed by atoms with Crippen molar-refractivity contribution in [3.63, 3.8) is 0 Å². The number of amides is 2. The molecular weight excluding hydrogens is 415 g/mol. The third kappa shape index (κ3) is 5.32. The fraction of sp³-hybridized carbons (Fsp3) is 0.200. The predicted octanol–water partition coefficient (Wildman–Crippen LogP) is 3.15. The van der Waals surface area contributed by atoms with Crippen LogP contribution in [0.2, 0.25) is 5.02 Å². The van der Waals surface area contributed by atoms with E-state index in [1.54, 1.807) is 13.0 Å². The van der Waals surface area contributed by atoms with E-state index in [1.165, 1.54) is 18.3 Å². The topological polar surface area (TPSA) is 106 Å². The fourth-order valence-electron chi connectivity index (χ4n) is 2.51. The first kappa shape index (κ1) is 21.3. The number of carbonyl (C=O) groups excluding carboxylic acids is 2. The largest absolute Gasteiger partial charge is 0.484 e. The van der Waals surface area contributed by atoms with E-state index in [9.17, 15) is 14.0 Å². The van der Waals surface area contributed by atoms with Crippen LogP contribution in [-0.2, 0) is 4.79 Å². The van der Waals surface area contributed by atoms with Gasteiger partial charge in [-0.3, -0.25) is 9.59 Å². The number of halogens is 2. The van der Waals surface area contributed by atoms with Gasteiger partial charge in [0.25, 0.3) is 17.5 Å². The quantitative estimate of drug-likeness (QED) is 0.566. The van der Waals surface area contributed by atoms with E-state index in [2.05, 4.69) is 27.4 Å². The Morgan fingerprint density at radius 1 is 1.33 bits per heavy atom. The second kappa shape index (κ2) is 9.36. The van der Waals surface area contributed by atoms with Gasteiger partial charge < -0.3 is 19.9 Å². The molecule has 10 heteroatoms. The molecule has 0 aliphatic carbocycles. The van der Waals surface area contributed by atoms with Crippen molar-refractivity contribution in [1.29, 1.82) is 0 Å². The smallest absolute Gasteiger partial charge is 0.262 e. The summed E-state index contributed by atoms with van der Waals surface area (Å²) < 4.78 is 23.6. The van der Waals surface area contributed by atoms with E-state index < -0.39 is 11.7 Å². The first-order chi connectivity index (χ1) is 14.3. The molecule has 0 bridgehead atoms. The second-order valence-corrected chi connectivity index (χ2v) is 6.77. The molecule has 0 saturated carbocycles. The van der Waals surface area contributed by atoms with E-state index in [1.807, 2.05) is 0 Å². The molecule has 2 heterocycles. The number of nitrogens with one attached hydrogen (secondary N) is 2. The van der Waals surface area contributed by atoms with Gasteiger partial charge in [0.2, 0.25) is 0 Å². The highest BCUT2D eigenvalue weighted by Gasteiger charge is 2.12. The second-order valence-electron chi connectivity index (χ2n) is 6.37. The zero-order chi connectivity index (χ0) is 21.7. The molecule has 0 radical (unpaired) electrons. The van der Waals surface area contributed by atoms with Crippen LogP contribution in [0.1, 0.15) is 22.5 Å². The molecule has 2 aromatic heterocycles. The maximum absolute atomic E-state index is 13.3. The number of pyridine rings is 1. The van der Waals surface area contributed by atoms with Crippen molar-refractivity contribution in [1.82, 2.24) is 20.8 Å². The summed E-state index contributed by atoms with van der Waals surface area (Å²) in [5.74, 6) is -1.24. The normalized spacial score (nSPS) is 10.6. The predicted molar refractivity (Wildman–Crippen MR) is 108 cm³/mol. The fourth-order valence-corrected chi connectivity index (χ4v) is 2.63. The van der Waals surface area contributed by atoms with Crippen molar-refractivity contribution in [2.45, 2.75) is 13.3 Å². The highest BCUT2D eigenvalue weighted by atomic mass is 35.5. The van der Waals surface area contributed by atoms with Crippen LogP contribution in [0, 0.1) is 12.7 Å². The molecule has 0 unspecified atom stereocenters. The molecule has 1 aromatic carbocycles. The summed E-state index contributed by atoms with van der Waals surface area (Å²) in [6.07, 6.45) is 1.71. The third-order valence-corrected chi connectivity index (χ3v) is 4.37. The van der Waals surface area contributed by atoms with Gasteiger partial charge in [-0.1, -0.05) is 23.3 Å². The SMILES string of the molecule is C=C(CCNC(=O)c1cnc2onc(C)c2c1)NC(=O)COc1ccc(Cl)c(F)c1. The van der Waals surface area contributed by atoms with Crippen molar-refractivity contribution in [3.8, 4) is 5.75 Å². The summed E-state index contributed by atoms with van der Waals surface area (Å²) in [7, 11) is 0. The minimum atomic E-state index is -0.636. The molecule has 0 fully saturated rings. The highest BCUT2D eigenvalue weighted by molar-refractivity contribution is 6.30. The lowest BCUT2D eigenvalue weighted by Crippen LogP contribution is -2.31. The molecule has 156 valence electrons. The zero-order valence-electron chi connectivity index (χ0n) is 16.0. The number of aromatic nitrogens is 2. The first-order valence-electron chi connectivity index (χ1n) is 8.89. The Labute approximate surface area is 176 Å². The van der Waals surface area contributed by atoms with Gasteiger partial charge in [0.1, 0.15) is 11.6 Å². The van der Waals surface area contributed by atoms with Crippen LogP contribution < -0.4 is 15.4 Å². The van der Waals surface area contributed by atoms with Gasteiger partial charge in [-0.2, -0.15) is 0 Å². The van der Waals surface area contributed by atoms with E-state index in [0.29, 0.717) is 34.5 Å². The number of aryl methyl sites for hydroxylation is 1. The van der Waals surface area contributed by atoms with E-state index >= 15 is 0 Å². The summed E-state index contributed by atoms with van der Waals surface area (Å²) in [6.45, 7) is 5.43. The lowest BCUT2D eigenvalue weighted by atomic mass is 10.2. The summed E-state index contributed by atoms with van der Waals surface area (Å²) in [5, 5.41) is 9.71. The van der Waals surface area contributed by atoms with Crippen molar-refractivity contribution >= 4 is 34.5 Å². The van der Waals surface area contributed by atoms with Gasteiger partial charge in [0.05, 0.1) is 21.7 Å². The lowest BCUT2D eigenvalue weighted by Gasteiger charge is -2.10. The Morgan fingerprint density at radius 2 is 2.13 bits per heavy atom. The third-order valence-electron chi connectivity index (χ3n) is 4.06. The molecule has 3 aromatic rings. The van der Waals surface area contributed by atoms with E-state index in [0.717, 1.165) is 6.07 Å². The summed E-state index contributed by atoms with van der Waals surface area (Å²) in [5.41, 5.74) is 1.78. The van der Waals surface area contributed by atoms with E-state index in [4.69, 9.17) is 20.9 Å². The number of carbonyl (C=O) groups is 2. The van der Waals surface area contributed by atoms with Crippen LogP contribution in [0.15, 0.2) is 47.3 Å². The molecule has 2 N–H and O–H groups in total. The Morgan fingerprint density at radius 3 is 2.90 bits per heavy atom. The van der Waals surface area contributed by atoms with Crippen LogP contribution in [-0.4, -0.2) is 35.1 Å². The van der Waals surface area contributed by atoms with Crippen LogP contribution in [0.4, 0.5) is 4.39 Å². The number of ether oxygens (including phenoxy) is 1. The number of hydrogen-bond acceptors (Lipinski definition) is 6. The Bertz CT molecular complexity index is 1120. The minimum Gasteiger partial charge on any atom is -0.484 e. The Kier molecular flexibility index (Phi) is 6.63. The molecule has 8 nitrogen and oxygen atoms in total. The summed E-state index contributed by atoms with van der Waals surface area (Å²) in [4.78, 5) is 28.2. The molecule has 0 aliphatic heterocycles. The van der Waals surface area contributed by atoms with Gasteiger partial charge in [0, 0.05) is 30.9 Å². The molecule has 0 aliphatic rings. The molecule has 2 amide bonds. The Balaban J connectivity index is 1.41. The molecule has 3 rings (SSSR count). The number of hydrogen-bond donors (Lipinski definition) is 2. The first-order valence-corrected chi connectivity index (χ1v) is 9.27. The average molecular weight is 433 g/mol. The van der Waals surface area contributed by atoms with Gasteiger partial charge in [-0.15, -0.1) is 0 Å². The number of fused-ring (bicyclic) bond motifs is 1. The van der Waals surface area contributed by atoms with Gasteiger partial charge in [0.15, 0.2) is 6.61 Å². The maximum Gasteiger partial charge on any atom is 0.262 e. The molecule has 0 saturated heterocycles. The molecule has 0 spiro atoms. The van der Waals surface area contributed by atoms with E-state index in [-0.39, 0.29) is 29.8 Å². The highest BCUT2D eigenvalue weighted by Crippen LogP contribution is 2.20. The van der Waals surface area contributed by atoms with Gasteiger partial charge in [-0.05, 0) is 25.1 Å². The monoisotopic (exact) mass is 432 g/mol. The molecule has 30 heavy (non-hydrogen) atoms. The van der Waals surface area contributed by atoms with Crippen LogP contribution in [0.25, 0.3) is 11.1 Å². The van der Waals surface area contributed by atoms with Crippen LogP contribution >= 0.6 is 11.6 Å².